The fourth-order valence-corrected chi connectivity index (χ4v) is 5.47. The first-order valence-corrected chi connectivity index (χ1v) is 10.3. The summed E-state index contributed by atoms with van der Waals surface area (Å²) in [7, 11) is -1.86. The monoisotopic (exact) mass is 366 g/mol. The maximum atomic E-state index is 12.7. The van der Waals surface area contributed by atoms with E-state index in [0.29, 0.717) is 29.8 Å². The Kier molecular flexibility index (Phi) is 5.76. The molecular formula is C18H26N2O4S. The maximum absolute atomic E-state index is 12.7. The molecule has 0 aliphatic carbocycles. The summed E-state index contributed by atoms with van der Waals surface area (Å²) in [5.41, 5.74) is 0. The number of hydrogen-bond donors (Lipinski definition) is 0. The Morgan fingerprint density at radius 2 is 1.72 bits per heavy atom. The van der Waals surface area contributed by atoms with E-state index in [-0.39, 0.29) is 12.5 Å². The van der Waals surface area contributed by atoms with Crippen molar-refractivity contribution in [2.45, 2.75) is 24.2 Å². The number of likely N-dealkylation sites (tertiary alicyclic amines) is 1. The SMILES string of the molecule is COCC(=O)N1CCC(C2CCN(S(=O)(=O)c3ccccc3)C2)CC1. The van der Waals surface area contributed by atoms with Gasteiger partial charge in [-0.2, -0.15) is 4.31 Å². The summed E-state index contributed by atoms with van der Waals surface area (Å²) < 4.78 is 32.0. The van der Waals surface area contributed by atoms with Gasteiger partial charge in [-0.25, -0.2) is 8.42 Å². The van der Waals surface area contributed by atoms with E-state index in [0.717, 1.165) is 32.4 Å². The number of carbonyl (C=O) groups excluding carboxylic acids is 1. The summed E-state index contributed by atoms with van der Waals surface area (Å²) in [4.78, 5) is 14.1. The molecule has 2 aliphatic heterocycles. The number of amides is 1. The van der Waals surface area contributed by atoms with Crippen molar-refractivity contribution in [2.75, 3.05) is 39.9 Å². The number of methoxy groups -OCH3 is 1. The Labute approximate surface area is 149 Å². The molecule has 1 atom stereocenters. The van der Waals surface area contributed by atoms with Crippen LogP contribution in [0.3, 0.4) is 0 Å². The summed E-state index contributed by atoms with van der Waals surface area (Å²) in [5, 5.41) is 0. The van der Waals surface area contributed by atoms with Crippen molar-refractivity contribution in [3.8, 4) is 0 Å². The second kappa shape index (κ2) is 7.85. The van der Waals surface area contributed by atoms with Gasteiger partial charge in [-0.1, -0.05) is 18.2 Å². The lowest BCUT2D eigenvalue weighted by Crippen LogP contribution is -2.42. The molecule has 7 heteroatoms. The molecule has 2 saturated heterocycles. The normalized spacial score (nSPS) is 23.1. The van der Waals surface area contributed by atoms with E-state index < -0.39 is 10.0 Å². The highest BCUT2D eigenvalue weighted by atomic mass is 32.2. The molecule has 1 aromatic rings. The number of sulfonamides is 1. The van der Waals surface area contributed by atoms with Crippen molar-refractivity contribution in [1.82, 2.24) is 9.21 Å². The summed E-state index contributed by atoms with van der Waals surface area (Å²) in [6.07, 6.45) is 2.79. The first kappa shape index (κ1) is 18.4. The molecule has 0 saturated carbocycles. The van der Waals surface area contributed by atoms with Crippen LogP contribution >= 0.6 is 0 Å². The van der Waals surface area contributed by atoms with E-state index >= 15 is 0 Å². The van der Waals surface area contributed by atoms with Crippen LogP contribution in [0.4, 0.5) is 0 Å². The Morgan fingerprint density at radius 1 is 1.08 bits per heavy atom. The molecule has 2 aliphatic rings. The minimum Gasteiger partial charge on any atom is -0.375 e. The Morgan fingerprint density at radius 3 is 2.36 bits per heavy atom. The molecule has 0 spiro atoms. The molecule has 25 heavy (non-hydrogen) atoms. The third-order valence-corrected chi connectivity index (χ3v) is 7.27. The summed E-state index contributed by atoms with van der Waals surface area (Å²) in [5.74, 6) is 0.918. The van der Waals surface area contributed by atoms with Crippen LogP contribution in [0.15, 0.2) is 35.2 Å². The van der Waals surface area contributed by atoms with Crippen molar-refractivity contribution in [2.24, 2.45) is 11.8 Å². The van der Waals surface area contributed by atoms with Gasteiger partial charge in [0.15, 0.2) is 0 Å². The van der Waals surface area contributed by atoms with Crippen LogP contribution in [-0.2, 0) is 19.6 Å². The van der Waals surface area contributed by atoms with Crippen LogP contribution in [0.25, 0.3) is 0 Å². The molecule has 0 bridgehead atoms. The van der Waals surface area contributed by atoms with Gasteiger partial charge in [0.1, 0.15) is 6.61 Å². The number of benzene rings is 1. The molecule has 0 radical (unpaired) electrons. The van der Waals surface area contributed by atoms with Gasteiger partial charge >= 0.3 is 0 Å². The van der Waals surface area contributed by atoms with Crippen LogP contribution in [0.1, 0.15) is 19.3 Å². The van der Waals surface area contributed by atoms with E-state index in [1.807, 2.05) is 11.0 Å². The molecule has 1 aromatic carbocycles. The van der Waals surface area contributed by atoms with Crippen molar-refractivity contribution in [1.29, 1.82) is 0 Å². The fourth-order valence-electron chi connectivity index (χ4n) is 3.93. The molecule has 2 heterocycles. The average Bonchev–Trinajstić information content (AvgIpc) is 3.14. The lowest BCUT2D eigenvalue weighted by molar-refractivity contribution is -0.136. The summed E-state index contributed by atoms with van der Waals surface area (Å²) in [6.45, 7) is 2.80. The highest BCUT2D eigenvalue weighted by Crippen LogP contribution is 2.34. The second-order valence-electron chi connectivity index (χ2n) is 6.88. The predicted molar refractivity (Wildman–Crippen MR) is 94.5 cm³/mol. The van der Waals surface area contributed by atoms with Gasteiger partial charge in [-0.3, -0.25) is 4.79 Å². The molecule has 6 nitrogen and oxygen atoms in total. The van der Waals surface area contributed by atoms with Gasteiger partial charge in [-0.05, 0) is 43.2 Å². The Bertz CT molecular complexity index is 684. The second-order valence-corrected chi connectivity index (χ2v) is 8.81. The van der Waals surface area contributed by atoms with Gasteiger partial charge in [0, 0.05) is 33.3 Å². The quantitative estimate of drug-likeness (QED) is 0.794. The van der Waals surface area contributed by atoms with Crippen LogP contribution in [0, 0.1) is 11.8 Å². The number of hydrogen-bond acceptors (Lipinski definition) is 4. The molecule has 3 rings (SSSR count). The Balaban J connectivity index is 1.56. The molecular weight excluding hydrogens is 340 g/mol. The molecule has 0 aromatic heterocycles. The van der Waals surface area contributed by atoms with Crippen LogP contribution in [0.5, 0.6) is 0 Å². The van der Waals surface area contributed by atoms with Gasteiger partial charge in [0.25, 0.3) is 0 Å². The van der Waals surface area contributed by atoms with Crippen LogP contribution in [-0.4, -0.2) is 63.4 Å². The molecule has 1 amide bonds. The maximum Gasteiger partial charge on any atom is 0.248 e. The van der Waals surface area contributed by atoms with E-state index in [2.05, 4.69) is 0 Å². The van der Waals surface area contributed by atoms with E-state index in [9.17, 15) is 13.2 Å². The largest absolute Gasteiger partial charge is 0.375 e. The first-order valence-electron chi connectivity index (χ1n) is 8.84. The topological polar surface area (TPSA) is 66.9 Å². The molecule has 2 fully saturated rings. The van der Waals surface area contributed by atoms with Crippen molar-refractivity contribution < 1.29 is 17.9 Å². The van der Waals surface area contributed by atoms with Gasteiger partial charge in [0.05, 0.1) is 4.90 Å². The minimum atomic E-state index is -3.39. The zero-order valence-electron chi connectivity index (χ0n) is 14.6. The van der Waals surface area contributed by atoms with Crippen molar-refractivity contribution in [3.63, 3.8) is 0 Å². The minimum absolute atomic E-state index is 0.0423. The van der Waals surface area contributed by atoms with Crippen LogP contribution < -0.4 is 0 Å². The van der Waals surface area contributed by atoms with Crippen molar-refractivity contribution in [3.05, 3.63) is 30.3 Å². The third-order valence-electron chi connectivity index (χ3n) is 5.40. The zero-order chi connectivity index (χ0) is 17.9. The highest BCUT2D eigenvalue weighted by Gasteiger charge is 2.37. The van der Waals surface area contributed by atoms with Gasteiger partial charge in [-0.15, -0.1) is 0 Å². The highest BCUT2D eigenvalue weighted by molar-refractivity contribution is 7.89. The van der Waals surface area contributed by atoms with E-state index in [4.69, 9.17) is 4.74 Å². The molecule has 1 unspecified atom stereocenters. The van der Waals surface area contributed by atoms with Crippen molar-refractivity contribution >= 4 is 15.9 Å². The third kappa shape index (κ3) is 4.04. The van der Waals surface area contributed by atoms with Gasteiger partial charge in [0.2, 0.25) is 15.9 Å². The Hall–Kier alpha value is -1.44. The predicted octanol–water partition coefficient (Wildman–Crippen LogP) is 1.58. The van der Waals surface area contributed by atoms with E-state index in [1.54, 1.807) is 28.6 Å². The summed E-state index contributed by atoms with van der Waals surface area (Å²) >= 11 is 0. The number of nitrogens with zero attached hydrogens (tertiary/aromatic N) is 2. The lowest BCUT2D eigenvalue weighted by atomic mass is 9.84. The molecule has 0 N–H and O–H groups in total. The number of rotatable bonds is 5. The number of ether oxygens (including phenoxy) is 1. The first-order chi connectivity index (χ1) is 12.0. The average molecular weight is 366 g/mol. The summed E-state index contributed by atoms with van der Waals surface area (Å²) in [6, 6.07) is 8.65. The number of piperidine rings is 1. The standard InChI is InChI=1S/C18H26N2O4S/c1-24-14-18(21)19-10-7-15(8-11-19)16-9-12-20(13-16)25(22,23)17-5-3-2-4-6-17/h2-6,15-16H,7-14H2,1H3. The molecule has 138 valence electrons. The van der Waals surface area contributed by atoms with E-state index in [1.165, 1.54) is 7.11 Å². The zero-order valence-corrected chi connectivity index (χ0v) is 15.5. The van der Waals surface area contributed by atoms with Gasteiger partial charge < -0.3 is 9.64 Å². The fraction of sp³-hybridized carbons (Fsp3) is 0.611. The number of carbonyl (C=O) groups is 1. The van der Waals surface area contributed by atoms with Crippen LogP contribution in [0.2, 0.25) is 0 Å². The smallest absolute Gasteiger partial charge is 0.248 e. The lowest BCUT2D eigenvalue weighted by Gasteiger charge is -2.34.